The monoisotopic (exact) mass is 311 g/mol. The summed E-state index contributed by atoms with van der Waals surface area (Å²) in [6.07, 6.45) is 3.06. The number of aromatic nitrogens is 3. The van der Waals surface area contributed by atoms with Gasteiger partial charge in [-0.25, -0.2) is 0 Å². The first kappa shape index (κ1) is 16.4. The molecule has 1 heterocycles. The Morgan fingerprint density at radius 3 is 2.43 bits per heavy atom. The number of benzene rings is 1. The molecule has 0 atom stereocenters. The second kappa shape index (κ2) is 7.88. The van der Waals surface area contributed by atoms with Gasteiger partial charge in [-0.15, -0.1) is 0 Å². The zero-order valence-electron chi connectivity index (χ0n) is 13.5. The lowest BCUT2D eigenvalue weighted by molar-refractivity contribution is 0.866. The van der Waals surface area contributed by atoms with Crippen LogP contribution in [-0.4, -0.2) is 33.8 Å². The molecule has 0 saturated heterocycles. The maximum Gasteiger partial charge on any atom is 0.232 e. The number of allylic oxidation sites excluding steroid dienone is 1. The van der Waals surface area contributed by atoms with Crippen molar-refractivity contribution in [3.05, 3.63) is 48.4 Å². The molecule has 120 valence electrons. The van der Waals surface area contributed by atoms with Gasteiger partial charge < -0.3 is 16.4 Å². The maximum atomic E-state index is 5.46. The van der Waals surface area contributed by atoms with Crippen molar-refractivity contribution >= 4 is 23.3 Å². The van der Waals surface area contributed by atoms with E-state index in [9.17, 15) is 0 Å². The van der Waals surface area contributed by atoms with Gasteiger partial charge in [0, 0.05) is 18.8 Å². The topological polar surface area (TPSA) is 101 Å². The minimum Gasteiger partial charge on any atom is -0.405 e. The van der Waals surface area contributed by atoms with E-state index in [-0.39, 0.29) is 6.04 Å². The third-order valence-corrected chi connectivity index (χ3v) is 2.81. The van der Waals surface area contributed by atoms with E-state index >= 15 is 0 Å². The Morgan fingerprint density at radius 2 is 1.83 bits per heavy atom. The van der Waals surface area contributed by atoms with Crippen LogP contribution < -0.4 is 16.4 Å². The van der Waals surface area contributed by atoms with Crippen molar-refractivity contribution in [2.24, 2.45) is 10.7 Å². The third kappa shape index (κ3) is 4.77. The predicted octanol–water partition coefficient (Wildman–Crippen LogP) is 2.33. The second-order valence-corrected chi connectivity index (χ2v) is 5.06. The van der Waals surface area contributed by atoms with Crippen LogP contribution in [0.15, 0.2) is 47.6 Å². The Kier molecular flexibility index (Phi) is 5.62. The van der Waals surface area contributed by atoms with Gasteiger partial charge in [-0.1, -0.05) is 18.2 Å². The molecule has 0 radical (unpaired) electrons. The number of rotatable bonds is 6. The molecule has 1 aromatic carbocycles. The van der Waals surface area contributed by atoms with E-state index in [0.29, 0.717) is 23.4 Å². The average molecular weight is 311 g/mol. The molecule has 2 rings (SSSR count). The van der Waals surface area contributed by atoms with Crippen LogP contribution in [0.25, 0.3) is 0 Å². The van der Waals surface area contributed by atoms with Gasteiger partial charge in [0.1, 0.15) is 5.71 Å². The van der Waals surface area contributed by atoms with E-state index in [1.165, 1.54) is 6.20 Å². The molecule has 0 unspecified atom stereocenters. The minimum atomic E-state index is 0.196. The quantitative estimate of drug-likeness (QED) is 0.708. The molecule has 0 saturated carbocycles. The molecule has 4 N–H and O–H groups in total. The van der Waals surface area contributed by atoms with Gasteiger partial charge in [0.15, 0.2) is 5.82 Å². The predicted molar refractivity (Wildman–Crippen MR) is 94.1 cm³/mol. The summed E-state index contributed by atoms with van der Waals surface area (Å²) >= 11 is 0. The molecule has 0 bridgehead atoms. The fraction of sp³-hybridized carbons (Fsp3) is 0.250. The zero-order chi connectivity index (χ0) is 16.7. The highest BCUT2D eigenvalue weighted by Crippen LogP contribution is 2.14. The second-order valence-electron chi connectivity index (χ2n) is 5.06. The fourth-order valence-corrected chi connectivity index (χ4v) is 1.86. The van der Waals surface area contributed by atoms with Crippen LogP contribution in [0, 0.1) is 0 Å². The smallest absolute Gasteiger partial charge is 0.232 e. The lowest BCUT2D eigenvalue weighted by atomic mass is 10.3. The SMILES string of the molecule is CN=C(C=CN)c1nc(Nc2ccccc2)nc(NC(C)C)n1. The largest absolute Gasteiger partial charge is 0.405 e. The van der Waals surface area contributed by atoms with Gasteiger partial charge in [0.05, 0.1) is 0 Å². The summed E-state index contributed by atoms with van der Waals surface area (Å²) in [5.74, 6) is 1.37. The Labute approximate surface area is 135 Å². The third-order valence-electron chi connectivity index (χ3n) is 2.81. The van der Waals surface area contributed by atoms with Gasteiger partial charge >= 0.3 is 0 Å². The van der Waals surface area contributed by atoms with Crippen molar-refractivity contribution in [3.8, 4) is 0 Å². The van der Waals surface area contributed by atoms with Gasteiger partial charge in [0.2, 0.25) is 11.9 Å². The van der Waals surface area contributed by atoms with Crippen molar-refractivity contribution in [1.29, 1.82) is 0 Å². The van der Waals surface area contributed by atoms with Crippen LogP contribution in [0.3, 0.4) is 0 Å². The minimum absolute atomic E-state index is 0.196. The van der Waals surface area contributed by atoms with Crippen molar-refractivity contribution in [2.75, 3.05) is 17.7 Å². The summed E-state index contributed by atoms with van der Waals surface area (Å²) < 4.78 is 0. The number of hydrogen-bond acceptors (Lipinski definition) is 7. The van der Waals surface area contributed by atoms with Crippen LogP contribution in [0.1, 0.15) is 19.7 Å². The molecular weight excluding hydrogens is 290 g/mol. The number of aliphatic imine (C=N–C) groups is 1. The summed E-state index contributed by atoms with van der Waals surface area (Å²) in [6, 6.07) is 9.90. The number of anilines is 3. The van der Waals surface area contributed by atoms with E-state index in [0.717, 1.165) is 5.69 Å². The lowest BCUT2D eigenvalue weighted by Gasteiger charge is -2.12. The summed E-state index contributed by atoms with van der Waals surface area (Å²) in [5, 5.41) is 6.35. The molecule has 0 spiro atoms. The van der Waals surface area contributed by atoms with Gasteiger partial charge in [-0.2, -0.15) is 15.0 Å². The highest BCUT2D eigenvalue weighted by molar-refractivity contribution is 6.06. The number of nitrogens with zero attached hydrogens (tertiary/aromatic N) is 4. The Balaban J connectivity index is 2.40. The van der Waals surface area contributed by atoms with Gasteiger partial charge in [-0.05, 0) is 38.3 Å². The summed E-state index contributed by atoms with van der Waals surface area (Å²) in [7, 11) is 1.67. The standard InChI is InChI=1S/C16H21N7/c1-11(2)19-15-21-14(13(18-3)9-10-17)22-16(23-15)20-12-7-5-4-6-8-12/h4-11H,17H2,1-3H3,(H2,19,20,21,22,23). The van der Waals surface area contributed by atoms with Crippen LogP contribution in [-0.2, 0) is 0 Å². The summed E-state index contributed by atoms with van der Waals surface area (Å²) in [4.78, 5) is 17.4. The maximum absolute atomic E-state index is 5.46. The number of hydrogen-bond donors (Lipinski definition) is 3. The van der Waals surface area contributed by atoms with Gasteiger partial charge in [-0.3, -0.25) is 4.99 Å². The molecule has 0 fully saturated rings. The molecule has 7 heteroatoms. The van der Waals surface area contributed by atoms with E-state index < -0.39 is 0 Å². The summed E-state index contributed by atoms with van der Waals surface area (Å²) in [6.45, 7) is 4.03. The van der Waals surface area contributed by atoms with Crippen molar-refractivity contribution < 1.29 is 0 Å². The normalized spacial score (nSPS) is 11.9. The summed E-state index contributed by atoms with van der Waals surface area (Å²) in [5.41, 5.74) is 6.93. The van der Waals surface area contributed by atoms with Crippen LogP contribution >= 0.6 is 0 Å². The number of para-hydroxylation sites is 1. The van der Waals surface area contributed by atoms with E-state index in [4.69, 9.17) is 5.73 Å². The van der Waals surface area contributed by atoms with Crippen LogP contribution in [0.5, 0.6) is 0 Å². The van der Waals surface area contributed by atoms with E-state index in [1.807, 2.05) is 44.2 Å². The fourth-order valence-electron chi connectivity index (χ4n) is 1.86. The molecule has 2 aromatic rings. The van der Waals surface area contributed by atoms with Gasteiger partial charge in [0.25, 0.3) is 0 Å². The molecule has 0 amide bonds. The van der Waals surface area contributed by atoms with E-state index in [1.54, 1.807) is 13.1 Å². The molecule has 0 aliphatic carbocycles. The van der Waals surface area contributed by atoms with Crippen molar-refractivity contribution in [1.82, 2.24) is 15.0 Å². The van der Waals surface area contributed by atoms with Crippen LogP contribution in [0.2, 0.25) is 0 Å². The Bertz CT molecular complexity index is 693. The molecule has 23 heavy (non-hydrogen) atoms. The molecule has 1 aromatic heterocycles. The number of nitrogens with one attached hydrogen (secondary N) is 2. The van der Waals surface area contributed by atoms with Crippen molar-refractivity contribution in [2.45, 2.75) is 19.9 Å². The molecular formula is C16H21N7. The molecule has 7 nitrogen and oxygen atoms in total. The number of nitrogens with two attached hydrogens (primary N) is 1. The Hall–Kier alpha value is -2.96. The van der Waals surface area contributed by atoms with E-state index in [2.05, 4.69) is 30.6 Å². The Morgan fingerprint density at radius 1 is 1.13 bits per heavy atom. The first-order chi connectivity index (χ1) is 11.1. The molecule has 0 aliphatic heterocycles. The van der Waals surface area contributed by atoms with Crippen molar-refractivity contribution in [3.63, 3.8) is 0 Å². The first-order valence-electron chi connectivity index (χ1n) is 7.32. The lowest BCUT2D eigenvalue weighted by Crippen LogP contribution is -2.17. The average Bonchev–Trinajstić information content (AvgIpc) is 2.52. The molecule has 0 aliphatic rings. The highest BCUT2D eigenvalue weighted by atomic mass is 15.2. The highest BCUT2D eigenvalue weighted by Gasteiger charge is 2.11. The van der Waals surface area contributed by atoms with Crippen LogP contribution in [0.4, 0.5) is 17.6 Å². The first-order valence-corrected chi connectivity index (χ1v) is 7.32. The zero-order valence-corrected chi connectivity index (χ0v) is 13.5.